The second-order valence-electron chi connectivity index (χ2n) is 9.74. The van der Waals surface area contributed by atoms with E-state index in [1.165, 1.54) is 12.7 Å². The Bertz CT molecular complexity index is 780. The van der Waals surface area contributed by atoms with Crippen LogP contribution in [0.5, 0.6) is 0 Å². The summed E-state index contributed by atoms with van der Waals surface area (Å²) in [5, 5.41) is 0. The van der Waals surface area contributed by atoms with Gasteiger partial charge in [0.1, 0.15) is 0 Å². The van der Waals surface area contributed by atoms with Gasteiger partial charge in [0.15, 0.2) is 12.1 Å². The molecule has 5 heteroatoms. The smallest absolute Gasteiger partial charge is 0.305 e. The number of allylic oxidation sites excluding steroid dienone is 3. The molecule has 0 aromatic rings. The average Bonchev–Trinajstić information content (AvgIpc) is 3.36. The molecule has 0 amide bonds. The van der Waals surface area contributed by atoms with E-state index in [-0.39, 0.29) is 36.0 Å². The lowest BCUT2D eigenvalue weighted by molar-refractivity contribution is -0.193. The molecule has 1 aliphatic heterocycles. The second kappa shape index (κ2) is 13.1. The Labute approximate surface area is 199 Å². The van der Waals surface area contributed by atoms with E-state index in [0.717, 1.165) is 58.0 Å². The van der Waals surface area contributed by atoms with Crippen molar-refractivity contribution in [3.63, 3.8) is 0 Å². The minimum absolute atomic E-state index is 0.0826. The molecule has 0 aromatic heterocycles. The van der Waals surface area contributed by atoms with Crippen LogP contribution in [0.4, 0.5) is 0 Å². The third kappa shape index (κ3) is 7.55. The maximum absolute atomic E-state index is 12.6. The first kappa shape index (κ1) is 25.7. The van der Waals surface area contributed by atoms with Crippen LogP contribution in [0.2, 0.25) is 0 Å². The summed E-state index contributed by atoms with van der Waals surface area (Å²) in [5.41, 5.74) is 1.48. The van der Waals surface area contributed by atoms with Gasteiger partial charge in [0.05, 0.1) is 13.2 Å². The Morgan fingerprint density at radius 2 is 2.12 bits per heavy atom. The van der Waals surface area contributed by atoms with Crippen molar-refractivity contribution in [1.82, 2.24) is 0 Å². The fourth-order valence-corrected chi connectivity index (χ4v) is 5.45. The standard InChI is InChI=1S/C28H40O5/c1-4-5-10-20(2)25(29)15-14-23-24-18-21(11-6-7-12-27(30)31-3)17-22(24)19-26(23)33-28-13-8-9-16-32-28/h11,14-15,20,22-24,26,28H,6-10,12-13,16-19H2,1-3H3/b15-14+,21-11?/t20?,22-,23?,24-,26+,28?/m0/s1. The van der Waals surface area contributed by atoms with E-state index >= 15 is 0 Å². The third-order valence-electron chi connectivity index (χ3n) is 7.35. The summed E-state index contributed by atoms with van der Waals surface area (Å²) in [6.07, 6.45) is 15.4. The van der Waals surface area contributed by atoms with Gasteiger partial charge >= 0.3 is 5.97 Å². The summed E-state index contributed by atoms with van der Waals surface area (Å²) in [4.78, 5) is 24.0. The van der Waals surface area contributed by atoms with Gasteiger partial charge in [0, 0.05) is 31.3 Å². The molecular formula is C28H40O5. The van der Waals surface area contributed by atoms with Crippen LogP contribution in [0.3, 0.4) is 0 Å². The molecule has 0 bridgehead atoms. The minimum Gasteiger partial charge on any atom is -0.469 e. The van der Waals surface area contributed by atoms with E-state index in [1.807, 2.05) is 13.8 Å². The molecule has 0 spiro atoms. The number of hydrogen-bond acceptors (Lipinski definition) is 5. The van der Waals surface area contributed by atoms with Gasteiger partial charge in [-0.3, -0.25) is 9.59 Å². The van der Waals surface area contributed by atoms with Crippen LogP contribution < -0.4 is 0 Å². The van der Waals surface area contributed by atoms with Crippen molar-refractivity contribution in [1.29, 1.82) is 0 Å². The van der Waals surface area contributed by atoms with Crippen molar-refractivity contribution in [3.8, 4) is 11.8 Å². The summed E-state index contributed by atoms with van der Waals surface area (Å²) in [5.74, 6) is 7.12. The lowest BCUT2D eigenvalue weighted by Crippen LogP contribution is -2.30. The quantitative estimate of drug-likeness (QED) is 0.145. The number of fused-ring (bicyclic) bond motifs is 1. The second-order valence-corrected chi connectivity index (χ2v) is 9.74. The molecule has 5 nitrogen and oxygen atoms in total. The molecule has 182 valence electrons. The first-order valence-electron chi connectivity index (χ1n) is 12.6. The molecule has 6 atom stereocenters. The van der Waals surface area contributed by atoms with E-state index in [1.54, 1.807) is 6.08 Å². The van der Waals surface area contributed by atoms with E-state index in [9.17, 15) is 9.59 Å². The van der Waals surface area contributed by atoms with E-state index < -0.39 is 0 Å². The van der Waals surface area contributed by atoms with E-state index in [2.05, 4.69) is 24.0 Å². The predicted octanol–water partition coefficient (Wildman–Crippen LogP) is 5.39. The molecule has 3 aliphatic rings. The summed E-state index contributed by atoms with van der Waals surface area (Å²) in [7, 11) is 1.44. The summed E-state index contributed by atoms with van der Waals surface area (Å²) in [6.45, 7) is 4.53. The molecule has 2 aliphatic carbocycles. The monoisotopic (exact) mass is 456 g/mol. The van der Waals surface area contributed by atoms with Gasteiger partial charge in [0.25, 0.3) is 0 Å². The fraction of sp³-hybridized carbons (Fsp3) is 0.714. The van der Waals surface area contributed by atoms with Crippen molar-refractivity contribution < 1.29 is 23.8 Å². The van der Waals surface area contributed by atoms with Gasteiger partial charge in [-0.05, 0) is 76.2 Å². The average molecular weight is 457 g/mol. The number of hydrogen-bond donors (Lipinski definition) is 0. The van der Waals surface area contributed by atoms with Gasteiger partial charge in [-0.15, -0.1) is 11.8 Å². The van der Waals surface area contributed by atoms with Crippen molar-refractivity contribution in [2.24, 2.45) is 23.7 Å². The van der Waals surface area contributed by atoms with Gasteiger partial charge in [-0.2, -0.15) is 0 Å². The van der Waals surface area contributed by atoms with Crippen LogP contribution in [-0.4, -0.2) is 37.9 Å². The zero-order valence-electron chi connectivity index (χ0n) is 20.5. The first-order chi connectivity index (χ1) is 16.0. The fourth-order valence-electron chi connectivity index (χ4n) is 5.45. The molecule has 2 saturated carbocycles. The van der Waals surface area contributed by atoms with Crippen molar-refractivity contribution in [3.05, 3.63) is 23.8 Å². The number of methoxy groups -OCH3 is 1. The molecule has 1 saturated heterocycles. The molecule has 0 aromatic carbocycles. The number of ether oxygens (including phenoxy) is 3. The van der Waals surface area contributed by atoms with Crippen LogP contribution in [0.1, 0.15) is 78.1 Å². The third-order valence-corrected chi connectivity index (χ3v) is 7.35. The van der Waals surface area contributed by atoms with Crippen LogP contribution in [0.25, 0.3) is 0 Å². The number of unbranched alkanes of at least 4 members (excludes halogenated alkanes) is 1. The van der Waals surface area contributed by atoms with Crippen molar-refractivity contribution in [2.45, 2.75) is 90.4 Å². The van der Waals surface area contributed by atoms with Gasteiger partial charge in [-0.1, -0.05) is 24.6 Å². The Balaban J connectivity index is 1.63. The lowest BCUT2D eigenvalue weighted by Gasteiger charge is -2.29. The number of carbonyl (C=O) groups is 2. The van der Waals surface area contributed by atoms with E-state index in [0.29, 0.717) is 24.7 Å². The predicted molar refractivity (Wildman–Crippen MR) is 128 cm³/mol. The maximum atomic E-state index is 12.6. The number of rotatable bonds is 10. The number of ketones is 1. The Morgan fingerprint density at radius 1 is 1.27 bits per heavy atom. The maximum Gasteiger partial charge on any atom is 0.305 e. The van der Waals surface area contributed by atoms with Crippen LogP contribution in [-0.2, 0) is 23.8 Å². The molecule has 3 fully saturated rings. The Kier molecular flexibility index (Phi) is 10.2. The molecular weight excluding hydrogens is 416 g/mol. The topological polar surface area (TPSA) is 61.8 Å². The highest BCUT2D eigenvalue weighted by molar-refractivity contribution is 5.91. The molecule has 3 unspecified atom stereocenters. The number of esters is 1. The Hall–Kier alpha value is -1.90. The summed E-state index contributed by atoms with van der Waals surface area (Å²) in [6, 6.07) is 0. The lowest BCUT2D eigenvalue weighted by atomic mass is 9.89. The highest BCUT2D eigenvalue weighted by Gasteiger charge is 2.47. The normalized spacial score (nSPS) is 31.2. The van der Waals surface area contributed by atoms with Gasteiger partial charge < -0.3 is 14.2 Å². The molecule has 1 heterocycles. The zero-order valence-corrected chi connectivity index (χ0v) is 20.5. The van der Waals surface area contributed by atoms with Crippen LogP contribution >= 0.6 is 0 Å². The SMILES string of the molecule is CC#CCC(C)C(=O)/C=C/C1[C@H]2CC(=CCCCC(=O)OC)C[C@H]2C[C@H]1OC1CCCCO1. The molecule has 3 rings (SSSR count). The van der Waals surface area contributed by atoms with Crippen molar-refractivity contribution >= 4 is 11.8 Å². The zero-order chi connectivity index (χ0) is 23.6. The number of carbonyl (C=O) groups excluding carboxylic acids is 2. The first-order valence-corrected chi connectivity index (χ1v) is 12.6. The van der Waals surface area contributed by atoms with Gasteiger partial charge in [0.2, 0.25) is 0 Å². The minimum atomic E-state index is -0.143. The molecule has 0 N–H and O–H groups in total. The molecule has 0 radical (unpaired) electrons. The van der Waals surface area contributed by atoms with E-state index in [4.69, 9.17) is 14.2 Å². The highest BCUT2D eigenvalue weighted by Crippen LogP contribution is 2.52. The van der Waals surface area contributed by atoms with Gasteiger partial charge in [-0.25, -0.2) is 0 Å². The van der Waals surface area contributed by atoms with Crippen LogP contribution in [0.15, 0.2) is 23.8 Å². The molecule has 33 heavy (non-hydrogen) atoms. The largest absolute Gasteiger partial charge is 0.469 e. The summed E-state index contributed by atoms with van der Waals surface area (Å²) < 4.78 is 17.0. The van der Waals surface area contributed by atoms with Crippen molar-refractivity contribution in [2.75, 3.05) is 13.7 Å². The highest BCUT2D eigenvalue weighted by atomic mass is 16.7. The van der Waals surface area contributed by atoms with Crippen LogP contribution in [0, 0.1) is 35.5 Å². The Morgan fingerprint density at radius 3 is 2.85 bits per heavy atom. The summed E-state index contributed by atoms with van der Waals surface area (Å²) >= 11 is 0.